The van der Waals surface area contributed by atoms with Gasteiger partial charge in [-0.1, -0.05) is 24.3 Å². The maximum absolute atomic E-state index is 12.6. The van der Waals surface area contributed by atoms with Crippen LogP contribution in [0.15, 0.2) is 61.4 Å². The minimum absolute atomic E-state index is 0.0537. The summed E-state index contributed by atoms with van der Waals surface area (Å²) in [5.41, 5.74) is 4.59. The Morgan fingerprint density at radius 3 is 2.73 bits per heavy atom. The van der Waals surface area contributed by atoms with E-state index in [2.05, 4.69) is 45.2 Å². The minimum atomic E-state index is -0.115. The lowest BCUT2D eigenvalue weighted by Crippen LogP contribution is -2.44. The molecule has 2 heterocycles. The van der Waals surface area contributed by atoms with Gasteiger partial charge in [0.05, 0.1) is 5.52 Å². The second-order valence-corrected chi connectivity index (χ2v) is 9.81. The number of nitrogens with zero attached hydrogens (tertiary/aromatic N) is 4. The summed E-state index contributed by atoms with van der Waals surface area (Å²) in [6, 6.07) is 12.0. The summed E-state index contributed by atoms with van der Waals surface area (Å²) >= 11 is 0. The second kappa shape index (κ2) is 11.9. The second-order valence-electron chi connectivity index (χ2n) is 9.81. The lowest BCUT2D eigenvalue weighted by molar-refractivity contribution is -0.124. The van der Waals surface area contributed by atoms with Crippen LogP contribution in [0.3, 0.4) is 0 Å². The van der Waals surface area contributed by atoms with Gasteiger partial charge < -0.3 is 25.2 Å². The van der Waals surface area contributed by atoms with Crippen molar-refractivity contribution < 1.29 is 9.53 Å². The van der Waals surface area contributed by atoms with Crippen LogP contribution in [0.4, 0.5) is 11.6 Å². The Morgan fingerprint density at radius 2 is 2.00 bits per heavy atom. The number of piperidine rings is 1. The number of hydrogen-bond donors (Lipinski definition) is 2. The van der Waals surface area contributed by atoms with Crippen molar-refractivity contribution in [1.29, 1.82) is 0 Å². The smallest absolute Gasteiger partial charge is 0.258 e. The number of amides is 1. The fourth-order valence-electron chi connectivity index (χ4n) is 4.36. The van der Waals surface area contributed by atoms with Gasteiger partial charge >= 0.3 is 0 Å². The van der Waals surface area contributed by atoms with Gasteiger partial charge in [-0.05, 0) is 75.3 Å². The van der Waals surface area contributed by atoms with E-state index in [0.717, 1.165) is 59.2 Å². The molecule has 1 saturated heterocycles. The van der Waals surface area contributed by atoms with E-state index in [9.17, 15) is 4.79 Å². The fourth-order valence-corrected chi connectivity index (χ4v) is 4.36. The Labute approximate surface area is 219 Å². The van der Waals surface area contributed by atoms with Crippen LogP contribution in [0.25, 0.3) is 16.5 Å². The van der Waals surface area contributed by atoms with E-state index in [0.29, 0.717) is 11.7 Å². The topological polar surface area (TPSA) is 82.6 Å². The number of ether oxygens (including phenoxy) is 1. The number of anilines is 2. The molecule has 3 aromatic rings. The minimum Gasteiger partial charge on any atom is -0.484 e. The van der Waals surface area contributed by atoms with E-state index >= 15 is 0 Å². The molecule has 194 valence electrons. The molecule has 2 N–H and O–H groups in total. The Balaban J connectivity index is 1.54. The molecule has 1 amide bonds. The molecule has 1 fully saturated rings. The highest BCUT2D eigenvalue weighted by Crippen LogP contribution is 2.28. The zero-order valence-electron chi connectivity index (χ0n) is 22.1. The van der Waals surface area contributed by atoms with Crippen LogP contribution in [0.1, 0.15) is 24.0 Å². The first-order valence-electron chi connectivity index (χ1n) is 12.6. The number of carbonyl (C=O) groups excluding carboxylic acids is 1. The van der Waals surface area contributed by atoms with E-state index in [1.54, 1.807) is 6.08 Å². The normalized spacial score (nSPS) is 14.9. The van der Waals surface area contributed by atoms with Crippen molar-refractivity contribution in [3.63, 3.8) is 0 Å². The Morgan fingerprint density at radius 1 is 1.22 bits per heavy atom. The van der Waals surface area contributed by atoms with E-state index in [4.69, 9.17) is 4.74 Å². The van der Waals surface area contributed by atoms with Crippen LogP contribution in [0, 0.1) is 6.92 Å². The third-order valence-corrected chi connectivity index (χ3v) is 6.30. The van der Waals surface area contributed by atoms with Gasteiger partial charge in [0, 0.05) is 49.7 Å². The van der Waals surface area contributed by atoms with Crippen molar-refractivity contribution in [2.24, 2.45) is 0 Å². The highest BCUT2D eigenvalue weighted by atomic mass is 16.5. The zero-order valence-corrected chi connectivity index (χ0v) is 22.1. The van der Waals surface area contributed by atoms with Crippen LogP contribution < -0.4 is 15.4 Å². The third kappa shape index (κ3) is 7.30. The number of hydrogen-bond acceptors (Lipinski definition) is 7. The first kappa shape index (κ1) is 26.2. The third-order valence-electron chi connectivity index (χ3n) is 6.30. The number of carbonyl (C=O) groups is 1. The average molecular weight is 501 g/mol. The van der Waals surface area contributed by atoms with Gasteiger partial charge in [-0.2, -0.15) is 0 Å². The molecule has 0 bridgehead atoms. The number of likely N-dealkylation sites (tertiary alicyclic amines) is 1. The number of benzene rings is 2. The van der Waals surface area contributed by atoms with Gasteiger partial charge in [-0.25, -0.2) is 9.97 Å². The van der Waals surface area contributed by atoms with Gasteiger partial charge in [0.15, 0.2) is 6.61 Å². The zero-order chi connectivity index (χ0) is 26.4. The molecule has 0 unspecified atom stereocenters. The maximum Gasteiger partial charge on any atom is 0.258 e. The number of nitrogens with one attached hydrogen (secondary N) is 2. The summed E-state index contributed by atoms with van der Waals surface area (Å²) in [4.78, 5) is 26.0. The monoisotopic (exact) mass is 500 g/mol. The predicted octanol–water partition coefficient (Wildman–Crippen LogP) is 4.36. The van der Waals surface area contributed by atoms with Crippen LogP contribution >= 0.6 is 0 Å². The summed E-state index contributed by atoms with van der Waals surface area (Å²) in [6.45, 7) is 7.94. The summed E-state index contributed by atoms with van der Waals surface area (Å²) in [7, 11) is 6.02. The van der Waals surface area contributed by atoms with Crippen LogP contribution in [0.5, 0.6) is 5.75 Å². The summed E-state index contributed by atoms with van der Waals surface area (Å²) in [5, 5.41) is 7.39. The van der Waals surface area contributed by atoms with Gasteiger partial charge in [-0.3, -0.25) is 4.79 Å². The van der Waals surface area contributed by atoms with Crippen LogP contribution in [-0.4, -0.2) is 72.6 Å². The summed E-state index contributed by atoms with van der Waals surface area (Å²) in [6.07, 6.45) is 7.50. The molecule has 4 rings (SSSR count). The molecule has 8 nitrogen and oxygen atoms in total. The van der Waals surface area contributed by atoms with Crippen molar-refractivity contribution in [2.45, 2.75) is 25.8 Å². The van der Waals surface area contributed by atoms with Gasteiger partial charge in [0.2, 0.25) is 5.95 Å². The largest absolute Gasteiger partial charge is 0.484 e. The average Bonchev–Trinajstić information content (AvgIpc) is 2.87. The summed E-state index contributed by atoms with van der Waals surface area (Å²) < 4.78 is 5.95. The Hall–Kier alpha value is -3.91. The molecule has 0 radical (unpaired) electrons. The Bertz CT molecular complexity index is 1290. The van der Waals surface area contributed by atoms with E-state index in [-0.39, 0.29) is 18.6 Å². The van der Waals surface area contributed by atoms with E-state index < -0.39 is 0 Å². The first-order chi connectivity index (χ1) is 17.8. The molecule has 0 spiro atoms. The van der Waals surface area contributed by atoms with E-state index in [1.807, 2.05) is 68.6 Å². The maximum atomic E-state index is 12.6. The highest BCUT2D eigenvalue weighted by Gasteiger charge is 2.18. The number of aryl methyl sites for hydroxylation is 1. The lowest BCUT2D eigenvalue weighted by atomic mass is 10.1. The standard InChI is InChI=1S/C29H36N6O2/c1-6-21(18-34(3)4)22-14-25(32-29-30-17-23-13-20(2)7-8-27(23)33-29)16-26(15-22)37-19-28(36)31-24-9-11-35(5)12-10-24/h6-8,13-18,24H,1,9-12,19H2,2-5H3,(H,31,36)(H,30,32,33)/b21-18+. The van der Waals surface area contributed by atoms with Crippen LogP contribution in [-0.2, 0) is 4.79 Å². The van der Waals surface area contributed by atoms with Gasteiger partial charge in [-0.15, -0.1) is 0 Å². The number of fused-ring (bicyclic) bond motifs is 1. The Kier molecular flexibility index (Phi) is 8.40. The molecule has 2 aromatic carbocycles. The quantitative estimate of drug-likeness (QED) is 0.423. The molecular weight excluding hydrogens is 464 g/mol. The molecule has 37 heavy (non-hydrogen) atoms. The van der Waals surface area contributed by atoms with Crippen molar-refractivity contribution >= 4 is 34.0 Å². The lowest BCUT2D eigenvalue weighted by Gasteiger charge is -2.29. The molecule has 1 aromatic heterocycles. The first-order valence-corrected chi connectivity index (χ1v) is 12.6. The van der Waals surface area contributed by atoms with Crippen molar-refractivity contribution in [3.8, 4) is 5.75 Å². The molecular formula is C29H36N6O2. The van der Waals surface area contributed by atoms with Crippen molar-refractivity contribution in [2.75, 3.05) is 46.2 Å². The molecule has 0 atom stereocenters. The van der Waals surface area contributed by atoms with Gasteiger partial charge in [0.1, 0.15) is 5.75 Å². The molecule has 8 heteroatoms. The highest BCUT2D eigenvalue weighted by molar-refractivity contribution is 5.81. The van der Waals surface area contributed by atoms with Gasteiger partial charge in [0.25, 0.3) is 5.91 Å². The SMILES string of the molecule is C=C/C(=C\N(C)C)c1cc(Nc2ncc3cc(C)ccc3n2)cc(OCC(=O)NC2CCN(C)CC2)c1. The fraction of sp³-hybridized carbons (Fsp3) is 0.345. The van der Waals surface area contributed by atoms with Crippen LogP contribution in [0.2, 0.25) is 0 Å². The molecule has 0 saturated carbocycles. The van der Waals surface area contributed by atoms with E-state index in [1.165, 1.54) is 0 Å². The molecule has 0 aliphatic carbocycles. The molecule has 1 aliphatic heterocycles. The number of rotatable bonds is 9. The van der Waals surface area contributed by atoms with Crippen molar-refractivity contribution in [1.82, 2.24) is 25.1 Å². The molecule has 1 aliphatic rings. The summed E-state index contributed by atoms with van der Waals surface area (Å²) in [5.74, 6) is 0.938. The number of aromatic nitrogens is 2. The van der Waals surface area contributed by atoms with Crippen molar-refractivity contribution in [3.05, 3.63) is 72.6 Å². The number of allylic oxidation sites excluding steroid dienone is 2. The predicted molar refractivity (Wildman–Crippen MR) is 150 cm³/mol.